The Kier molecular flexibility index (Phi) is 3.51. The summed E-state index contributed by atoms with van der Waals surface area (Å²) in [4.78, 5) is 2.58. The maximum absolute atomic E-state index is 9.91. The van der Waals surface area contributed by atoms with Crippen molar-refractivity contribution >= 4 is 0 Å². The van der Waals surface area contributed by atoms with Crippen LogP contribution in [0.5, 0.6) is 0 Å². The normalized spacial score (nSPS) is 28.2. The third-order valence-electron chi connectivity index (χ3n) is 5.22. The molecule has 4 heteroatoms. The summed E-state index contributed by atoms with van der Waals surface area (Å²) < 4.78 is 1.98. The largest absolute Gasteiger partial charge is 0.393 e. The highest BCUT2D eigenvalue weighted by Gasteiger charge is 2.39. The molecule has 0 saturated carbocycles. The summed E-state index contributed by atoms with van der Waals surface area (Å²) in [6, 6.07) is 9.43. The zero-order valence-electron chi connectivity index (χ0n) is 13.0. The standard InChI is InChI=1S/C18H23N3O/c1-13-4-2-3-5-18(13)21-12-14(10-19-21)11-20-15-6-7-16(20)9-17(22)8-15/h2-5,10,12,15-17,22H,6-9,11H2,1H3/t15-,16+,17?. The van der Waals surface area contributed by atoms with Crippen LogP contribution in [0.1, 0.15) is 36.8 Å². The number of aliphatic hydroxyl groups is 1. The van der Waals surface area contributed by atoms with E-state index in [2.05, 4.69) is 47.4 Å². The van der Waals surface area contributed by atoms with Gasteiger partial charge in [-0.3, -0.25) is 4.90 Å². The summed E-state index contributed by atoms with van der Waals surface area (Å²) in [6.45, 7) is 3.07. The number of aryl methyl sites for hydroxylation is 1. The van der Waals surface area contributed by atoms with Crippen LogP contribution in [0.3, 0.4) is 0 Å². The predicted molar refractivity (Wildman–Crippen MR) is 85.9 cm³/mol. The van der Waals surface area contributed by atoms with Crippen molar-refractivity contribution in [3.05, 3.63) is 47.8 Å². The number of rotatable bonds is 3. The van der Waals surface area contributed by atoms with Gasteiger partial charge in [-0.05, 0) is 44.2 Å². The Labute approximate surface area is 131 Å². The number of benzene rings is 1. The first-order chi connectivity index (χ1) is 10.7. The van der Waals surface area contributed by atoms with Crippen molar-refractivity contribution < 1.29 is 5.11 Å². The molecule has 2 aromatic rings. The Bertz CT molecular complexity index is 652. The van der Waals surface area contributed by atoms with Crippen molar-refractivity contribution in [2.45, 2.75) is 57.3 Å². The summed E-state index contributed by atoms with van der Waals surface area (Å²) in [5, 5.41) is 14.5. The highest BCUT2D eigenvalue weighted by Crippen LogP contribution is 2.36. The average Bonchev–Trinajstić information content (AvgIpc) is 3.04. The zero-order chi connectivity index (χ0) is 15.1. The monoisotopic (exact) mass is 297 g/mol. The molecule has 1 aromatic heterocycles. The summed E-state index contributed by atoms with van der Waals surface area (Å²) in [5.41, 5.74) is 3.64. The molecule has 0 radical (unpaired) electrons. The number of aromatic nitrogens is 2. The van der Waals surface area contributed by atoms with Gasteiger partial charge < -0.3 is 5.11 Å². The van der Waals surface area contributed by atoms with E-state index in [0.717, 1.165) is 25.1 Å². The van der Waals surface area contributed by atoms with Crippen LogP contribution in [0.2, 0.25) is 0 Å². The number of nitrogens with zero attached hydrogens (tertiary/aromatic N) is 3. The van der Waals surface area contributed by atoms with Gasteiger partial charge in [0.05, 0.1) is 18.0 Å². The summed E-state index contributed by atoms with van der Waals surface area (Å²) >= 11 is 0. The number of fused-ring (bicyclic) bond motifs is 2. The molecule has 1 aromatic carbocycles. The first kappa shape index (κ1) is 14.0. The van der Waals surface area contributed by atoms with Crippen LogP contribution < -0.4 is 0 Å². The maximum Gasteiger partial charge on any atom is 0.0674 e. The quantitative estimate of drug-likeness (QED) is 0.947. The molecule has 4 rings (SSSR count). The molecular formula is C18H23N3O. The van der Waals surface area contributed by atoms with Crippen LogP contribution in [-0.2, 0) is 6.54 Å². The van der Waals surface area contributed by atoms with Crippen molar-refractivity contribution in [3.8, 4) is 5.69 Å². The number of aliphatic hydroxyl groups excluding tert-OH is 1. The van der Waals surface area contributed by atoms with Crippen molar-refractivity contribution in [2.24, 2.45) is 0 Å². The second-order valence-electron chi connectivity index (χ2n) is 6.76. The third kappa shape index (κ3) is 2.46. The van der Waals surface area contributed by atoms with Gasteiger partial charge in [0.2, 0.25) is 0 Å². The highest BCUT2D eigenvalue weighted by atomic mass is 16.3. The summed E-state index contributed by atoms with van der Waals surface area (Å²) in [5.74, 6) is 0. The van der Waals surface area contributed by atoms with Crippen molar-refractivity contribution in [1.82, 2.24) is 14.7 Å². The van der Waals surface area contributed by atoms with Gasteiger partial charge in [0.25, 0.3) is 0 Å². The highest BCUT2D eigenvalue weighted by molar-refractivity contribution is 5.39. The van der Waals surface area contributed by atoms with Crippen molar-refractivity contribution in [2.75, 3.05) is 0 Å². The minimum absolute atomic E-state index is 0.0940. The van der Waals surface area contributed by atoms with E-state index >= 15 is 0 Å². The first-order valence-corrected chi connectivity index (χ1v) is 8.24. The minimum Gasteiger partial charge on any atom is -0.393 e. The Hall–Kier alpha value is -1.65. The van der Waals surface area contributed by atoms with E-state index in [9.17, 15) is 5.11 Å². The SMILES string of the molecule is Cc1ccccc1-n1cc(CN2[C@@H]3CC[C@H]2CC(O)C3)cn1. The fourth-order valence-electron chi connectivity index (χ4n) is 4.11. The van der Waals surface area contributed by atoms with E-state index in [1.54, 1.807) is 0 Å². The van der Waals surface area contributed by atoms with Gasteiger partial charge in [-0.1, -0.05) is 18.2 Å². The Morgan fingerprint density at radius 1 is 1.18 bits per heavy atom. The smallest absolute Gasteiger partial charge is 0.0674 e. The van der Waals surface area contributed by atoms with Gasteiger partial charge in [-0.25, -0.2) is 4.68 Å². The molecular weight excluding hydrogens is 274 g/mol. The minimum atomic E-state index is -0.0940. The van der Waals surface area contributed by atoms with Crippen LogP contribution in [0.15, 0.2) is 36.7 Å². The van der Waals surface area contributed by atoms with Crippen LogP contribution in [-0.4, -0.2) is 38.0 Å². The predicted octanol–water partition coefficient (Wildman–Crippen LogP) is 2.67. The molecule has 2 aliphatic rings. The molecule has 2 bridgehead atoms. The lowest BCUT2D eigenvalue weighted by Crippen LogP contribution is -2.43. The molecule has 3 heterocycles. The molecule has 0 aliphatic carbocycles. The van der Waals surface area contributed by atoms with E-state index in [-0.39, 0.29) is 6.10 Å². The molecule has 0 spiro atoms. The van der Waals surface area contributed by atoms with Crippen molar-refractivity contribution in [1.29, 1.82) is 0 Å². The number of hydrogen-bond donors (Lipinski definition) is 1. The molecule has 0 amide bonds. The molecule has 2 saturated heterocycles. The molecule has 4 nitrogen and oxygen atoms in total. The van der Waals surface area contributed by atoms with Crippen LogP contribution in [0.4, 0.5) is 0 Å². The second kappa shape index (κ2) is 5.52. The number of para-hydroxylation sites is 1. The van der Waals surface area contributed by atoms with E-state index < -0.39 is 0 Å². The molecule has 116 valence electrons. The van der Waals surface area contributed by atoms with Crippen molar-refractivity contribution in [3.63, 3.8) is 0 Å². The topological polar surface area (TPSA) is 41.3 Å². The third-order valence-corrected chi connectivity index (χ3v) is 5.22. The van der Waals surface area contributed by atoms with E-state index in [0.29, 0.717) is 12.1 Å². The zero-order valence-corrected chi connectivity index (χ0v) is 13.0. The number of hydrogen-bond acceptors (Lipinski definition) is 3. The van der Waals surface area contributed by atoms with Crippen LogP contribution >= 0.6 is 0 Å². The molecule has 1 N–H and O–H groups in total. The lowest BCUT2D eigenvalue weighted by Gasteiger charge is -2.36. The average molecular weight is 297 g/mol. The van der Waals surface area contributed by atoms with Gasteiger partial charge in [-0.15, -0.1) is 0 Å². The Morgan fingerprint density at radius 3 is 2.64 bits per heavy atom. The Balaban J connectivity index is 1.52. The van der Waals surface area contributed by atoms with E-state index in [1.807, 2.05) is 10.9 Å². The molecule has 2 fully saturated rings. The van der Waals surface area contributed by atoms with Gasteiger partial charge in [0.1, 0.15) is 0 Å². The first-order valence-electron chi connectivity index (χ1n) is 8.24. The fraction of sp³-hybridized carbons (Fsp3) is 0.500. The maximum atomic E-state index is 9.91. The molecule has 22 heavy (non-hydrogen) atoms. The Morgan fingerprint density at radius 2 is 1.91 bits per heavy atom. The van der Waals surface area contributed by atoms with Gasteiger partial charge >= 0.3 is 0 Å². The lowest BCUT2D eigenvalue weighted by atomic mass is 9.99. The van der Waals surface area contributed by atoms with Gasteiger partial charge in [-0.2, -0.15) is 5.10 Å². The lowest BCUT2D eigenvalue weighted by molar-refractivity contribution is 0.0310. The molecule has 3 atom stereocenters. The molecule has 2 aliphatic heterocycles. The van der Waals surface area contributed by atoms with Crippen LogP contribution in [0.25, 0.3) is 5.69 Å². The second-order valence-corrected chi connectivity index (χ2v) is 6.76. The van der Waals surface area contributed by atoms with Gasteiger partial charge in [0.15, 0.2) is 0 Å². The van der Waals surface area contributed by atoms with E-state index in [1.165, 1.54) is 24.0 Å². The van der Waals surface area contributed by atoms with E-state index in [4.69, 9.17) is 0 Å². The van der Waals surface area contributed by atoms with Gasteiger partial charge in [0, 0.05) is 30.4 Å². The summed E-state index contributed by atoms with van der Waals surface area (Å²) in [7, 11) is 0. The molecule has 1 unspecified atom stereocenters. The fourth-order valence-corrected chi connectivity index (χ4v) is 4.11. The number of piperidine rings is 1. The summed E-state index contributed by atoms with van der Waals surface area (Å²) in [6.07, 6.45) is 8.36. The van der Waals surface area contributed by atoms with Crippen LogP contribution in [0, 0.1) is 6.92 Å².